The van der Waals surface area contributed by atoms with Crippen LogP contribution in [0, 0.1) is 34.5 Å². The zero-order valence-corrected chi connectivity index (χ0v) is 17.4. The van der Waals surface area contributed by atoms with Gasteiger partial charge >= 0.3 is 0 Å². The third-order valence-corrected chi connectivity index (χ3v) is 8.82. The monoisotopic (exact) mass is 383 g/mol. The molecule has 0 saturated heterocycles. The maximum atomic E-state index is 10.3. The average molecular weight is 384 g/mol. The van der Waals surface area contributed by atoms with E-state index in [1.165, 1.54) is 30.5 Å². The molecule has 3 aliphatic carbocycles. The van der Waals surface area contributed by atoms with Crippen LogP contribution in [-0.2, 0) is 12.8 Å². The molecule has 28 heavy (non-hydrogen) atoms. The first kappa shape index (κ1) is 19.5. The first-order valence-electron chi connectivity index (χ1n) is 10.8. The highest BCUT2D eigenvalue weighted by Crippen LogP contribution is 2.63. The molecule has 6 heteroatoms. The summed E-state index contributed by atoms with van der Waals surface area (Å²) < 4.78 is 0. The fourth-order valence-corrected chi connectivity index (χ4v) is 7.22. The summed E-state index contributed by atoms with van der Waals surface area (Å²) in [5, 5.41) is 21.7. The topological polar surface area (TPSA) is 97.7 Å². The summed E-state index contributed by atoms with van der Waals surface area (Å²) in [5.41, 5.74) is 13.4. The van der Waals surface area contributed by atoms with Gasteiger partial charge in [-0.1, -0.05) is 30.6 Å². The number of nitrogens with zero attached hydrogens (tertiary/aromatic N) is 4. The predicted molar refractivity (Wildman–Crippen MR) is 109 cm³/mol. The highest BCUT2D eigenvalue weighted by Gasteiger charge is 2.56. The zero-order chi connectivity index (χ0) is 19.9. The van der Waals surface area contributed by atoms with Crippen LogP contribution in [0.15, 0.2) is 23.0 Å². The Morgan fingerprint density at radius 2 is 2.21 bits per heavy atom. The summed E-state index contributed by atoms with van der Waals surface area (Å²) in [7, 11) is 0. The molecule has 0 bridgehead atoms. The van der Waals surface area contributed by atoms with E-state index in [0.29, 0.717) is 24.3 Å². The molecule has 2 saturated carbocycles. The highest BCUT2D eigenvalue weighted by atomic mass is 16.3. The van der Waals surface area contributed by atoms with Crippen molar-refractivity contribution < 1.29 is 5.11 Å². The van der Waals surface area contributed by atoms with Crippen LogP contribution < -0.4 is 0 Å². The van der Waals surface area contributed by atoms with Gasteiger partial charge in [-0.25, -0.2) is 0 Å². The Morgan fingerprint density at radius 3 is 2.93 bits per heavy atom. The minimum Gasteiger partial charge on any atom is -0.396 e. The van der Waals surface area contributed by atoms with E-state index in [-0.39, 0.29) is 23.4 Å². The summed E-state index contributed by atoms with van der Waals surface area (Å²) in [4.78, 5) is 3.12. The number of aliphatic hydroxyl groups excluding tert-OH is 1. The van der Waals surface area contributed by atoms with Gasteiger partial charge < -0.3 is 5.11 Å². The van der Waals surface area contributed by atoms with Gasteiger partial charge in [0.05, 0.1) is 6.20 Å². The Bertz CT molecular complexity index is 810. The molecule has 0 spiro atoms. The molecule has 6 nitrogen and oxygen atoms in total. The van der Waals surface area contributed by atoms with Gasteiger partial charge in [-0.05, 0) is 91.0 Å². The largest absolute Gasteiger partial charge is 0.396 e. The molecule has 2 N–H and O–H groups in total. The second-order valence-electron chi connectivity index (χ2n) is 9.74. The normalized spacial score (nSPS) is 41.4. The number of hydrogen-bond acceptors (Lipinski definition) is 3. The maximum absolute atomic E-state index is 10.3. The lowest BCUT2D eigenvalue weighted by Gasteiger charge is -2.55. The molecular weight excluding hydrogens is 350 g/mol. The lowest BCUT2D eigenvalue weighted by atomic mass is 9.49. The number of fused-ring (bicyclic) bond motifs is 2. The molecule has 1 heterocycles. The van der Waals surface area contributed by atoms with Gasteiger partial charge in [-0.3, -0.25) is 5.10 Å². The van der Waals surface area contributed by atoms with Crippen molar-refractivity contribution >= 4 is 0 Å². The molecule has 4 rings (SSSR count). The second-order valence-corrected chi connectivity index (χ2v) is 9.74. The molecule has 1 aromatic rings. The standard InChI is InChI=1S/C22H33N5O/c1-4-15-5-6-18-17(12-25-27-23)19(7-8-21(15,18)2)22(3)10-14-11-24-26-20(14)9-16(22)13-28/h4,11,16-19,28H,5-10,12-13H2,1-3H3,(H,24,26)/b15-4+/t16-,17+,18+,19+,21-,22+/m1/s1. The molecule has 0 unspecified atom stereocenters. The summed E-state index contributed by atoms with van der Waals surface area (Å²) in [5.74, 6) is 1.60. The van der Waals surface area contributed by atoms with Crippen molar-refractivity contribution in [2.45, 2.75) is 59.3 Å². The van der Waals surface area contributed by atoms with Crippen LogP contribution in [0.1, 0.15) is 57.7 Å². The van der Waals surface area contributed by atoms with Crippen molar-refractivity contribution in [2.75, 3.05) is 13.2 Å². The minimum absolute atomic E-state index is 0.00127. The number of aromatic amines is 1. The van der Waals surface area contributed by atoms with E-state index in [2.05, 4.69) is 47.1 Å². The number of hydrogen-bond donors (Lipinski definition) is 2. The molecule has 6 atom stereocenters. The van der Waals surface area contributed by atoms with Crippen LogP contribution in [0.2, 0.25) is 0 Å². The number of azide groups is 1. The Labute approximate surface area is 167 Å². The lowest BCUT2D eigenvalue weighted by Crippen LogP contribution is -2.52. The Hall–Kier alpha value is -1.78. The molecule has 152 valence electrons. The molecule has 0 aliphatic heterocycles. The Balaban J connectivity index is 1.72. The van der Waals surface area contributed by atoms with Gasteiger partial charge in [-0.15, -0.1) is 0 Å². The van der Waals surface area contributed by atoms with Crippen molar-refractivity contribution in [3.8, 4) is 0 Å². The van der Waals surface area contributed by atoms with Crippen molar-refractivity contribution in [3.05, 3.63) is 39.5 Å². The summed E-state index contributed by atoms with van der Waals surface area (Å²) in [6.45, 7) is 7.74. The van der Waals surface area contributed by atoms with E-state index in [4.69, 9.17) is 5.53 Å². The number of aliphatic hydroxyl groups is 1. The summed E-state index contributed by atoms with van der Waals surface area (Å²) in [6.07, 6.45) is 10.8. The van der Waals surface area contributed by atoms with Crippen LogP contribution in [-0.4, -0.2) is 28.5 Å². The SMILES string of the molecule is C/C=C1\CC[C@H]2[C@H](CN=[N+]=[N-])[C@@H]([C@@]3(C)Cc4cn[nH]c4C[C@@H]3CO)CC[C@]12C. The fraction of sp³-hybridized carbons (Fsp3) is 0.773. The van der Waals surface area contributed by atoms with Crippen LogP contribution in [0.4, 0.5) is 0 Å². The molecule has 1 aromatic heterocycles. The van der Waals surface area contributed by atoms with Crippen molar-refractivity contribution in [1.82, 2.24) is 10.2 Å². The first-order valence-corrected chi connectivity index (χ1v) is 10.8. The van der Waals surface area contributed by atoms with E-state index < -0.39 is 0 Å². The van der Waals surface area contributed by atoms with Crippen LogP contribution in [0.5, 0.6) is 0 Å². The lowest BCUT2D eigenvalue weighted by molar-refractivity contribution is -0.0536. The van der Waals surface area contributed by atoms with E-state index in [9.17, 15) is 5.11 Å². The molecule has 0 aromatic carbocycles. The van der Waals surface area contributed by atoms with Gasteiger partial charge in [0.2, 0.25) is 0 Å². The number of nitrogens with one attached hydrogen (secondary N) is 1. The number of H-pyrrole nitrogens is 1. The third-order valence-electron chi connectivity index (χ3n) is 8.82. The van der Waals surface area contributed by atoms with E-state index >= 15 is 0 Å². The van der Waals surface area contributed by atoms with Crippen LogP contribution in [0.25, 0.3) is 10.4 Å². The average Bonchev–Trinajstić information content (AvgIpc) is 3.27. The van der Waals surface area contributed by atoms with Gasteiger partial charge in [-0.2, -0.15) is 5.10 Å². The van der Waals surface area contributed by atoms with Crippen molar-refractivity contribution in [3.63, 3.8) is 0 Å². The van der Waals surface area contributed by atoms with Gasteiger partial charge in [0.15, 0.2) is 0 Å². The number of rotatable bonds is 4. The molecule has 0 amide bonds. The van der Waals surface area contributed by atoms with Gasteiger partial charge in [0.1, 0.15) is 0 Å². The van der Waals surface area contributed by atoms with E-state index in [1.807, 2.05) is 6.20 Å². The fourth-order valence-electron chi connectivity index (χ4n) is 7.22. The Morgan fingerprint density at radius 1 is 1.39 bits per heavy atom. The van der Waals surface area contributed by atoms with E-state index in [0.717, 1.165) is 19.3 Å². The minimum atomic E-state index is 0.00127. The van der Waals surface area contributed by atoms with Crippen LogP contribution in [0.3, 0.4) is 0 Å². The molecule has 2 fully saturated rings. The molecular formula is C22H33N5O. The highest BCUT2D eigenvalue weighted by molar-refractivity contribution is 5.27. The Kier molecular flexibility index (Phi) is 5.05. The zero-order valence-electron chi connectivity index (χ0n) is 17.4. The predicted octanol–water partition coefficient (Wildman–Crippen LogP) is 4.82. The smallest absolute Gasteiger partial charge is 0.0522 e. The number of allylic oxidation sites excluding steroid dienone is 2. The summed E-state index contributed by atoms with van der Waals surface area (Å²) in [6, 6.07) is 0. The maximum Gasteiger partial charge on any atom is 0.0522 e. The molecule has 0 radical (unpaired) electrons. The van der Waals surface area contributed by atoms with Gasteiger partial charge in [0, 0.05) is 23.8 Å². The van der Waals surface area contributed by atoms with Crippen molar-refractivity contribution in [2.24, 2.45) is 39.6 Å². The summed E-state index contributed by atoms with van der Waals surface area (Å²) >= 11 is 0. The number of aromatic nitrogens is 2. The quantitative estimate of drug-likeness (QED) is 0.337. The van der Waals surface area contributed by atoms with E-state index in [1.54, 1.807) is 5.57 Å². The molecule has 3 aliphatic rings. The van der Waals surface area contributed by atoms with Crippen molar-refractivity contribution in [1.29, 1.82) is 0 Å². The van der Waals surface area contributed by atoms with Crippen LogP contribution >= 0.6 is 0 Å². The van der Waals surface area contributed by atoms with Gasteiger partial charge in [0.25, 0.3) is 0 Å². The third kappa shape index (κ3) is 2.81. The second kappa shape index (κ2) is 7.23. The first-order chi connectivity index (χ1) is 13.5.